The van der Waals surface area contributed by atoms with E-state index >= 15 is 0 Å². The van der Waals surface area contributed by atoms with Gasteiger partial charge in [0.05, 0.1) is 28.9 Å². The summed E-state index contributed by atoms with van der Waals surface area (Å²) in [5.74, 6) is -0.155. The fourth-order valence-corrected chi connectivity index (χ4v) is 3.59. The Morgan fingerprint density at radius 3 is 2.96 bits per heavy atom. The van der Waals surface area contributed by atoms with Crippen molar-refractivity contribution in [2.24, 2.45) is 0 Å². The van der Waals surface area contributed by atoms with Gasteiger partial charge < -0.3 is 10.1 Å². The molecular weight excluding hydrogens is 362 g/mol. The Hall–Kier alpha value is -2.50. The molecule has 0 bridgehead atoms. The Morgan fingerprint density at radius 2 is 2.22 bits per heavy atom. The van der Waals surface area contributed by atoms with Crippen molar-refractivity contribution in [2.45, 2.75) is 31.9 Å². The Balaban J connectivity index is 1.75. The van der Waals surface area contributed by atoms with Gasteiger partial charge in [0.25, 0.3) is 5.91 Å². The average Bonchev–Trinajstić information content (AvgIpc) is 3.23. The van der Waals surface area contributed by atoms with Crippen molar-refractivity contribution in [1.82, 2.24) is 15.3 Å². The molecule has 6 heteroatoms. The fourth-order valence-electron chi connectivity index (χ4n) is 3.42. The number of aromatic nitrogens is 2. The van der Waals surface area contributed by atoms with E-state index in [1.54, 1.807) is 30.6 Å². The van der Waals surface area contributed by atoms with E-state index in [-0.39, 0.29) is 18.1 Å². The van der Waals surface area contributed by atoms with Crippen LogP contribution in [0.3, 0.4) is 0 Å². The minimum atomic E-state index is -0.155. The van der Waals surface area contributed by atoms with E-state index < -0.39 is 0 Å². The summed E-state index contributed by atoms with van der Waals surface area (Å²) in [5, 5.41) is 4.38. The van der Waals surface area contributed by atoms with E-state index in [0.29, 0.717) is 16.3 Å². The van der Waals surface area contributed by atoms with Gasteiger partial charge in [-0.05, 0) is 56.2 Å². The number of hydrogen-bond donors (Lipinski definition) is 1. The fraction of sp³-hybridized carbons (Fsp3) is 0.286. The van der Waals surface area contributed by atoms with E-state index in [1.807, 2.05) is 25.1 Å². The smallest absolute Gasteiger partial charge is 0.252 e. The molecule has 1 aliphatic heterocycles. The number of fused-ring (bicyclic) bond motifs is 1. The predicted molar refractivity (Wildman–Crippen MR) is 106 cm³/mol. The Morgan fingerprint density at radius 1 is 1.33 bits per heavy atom. The molecule has 1 aromatic carbocycles. The van der Waals surface area contributed by atoms with Crippen molar-refractivity contribution < 1.29 is 9.53 Å². The molecule has 138 valence electrons. The maximum Gasteiger partial charge on any atom is 0.252 e. The third-order valence-corrected chi connectivity index (χ3v) is 5.09. The van der Waals surface area contributed by atoms with E-state index in [1.165, 1.54) is 0 Å². The highest BCUT2D eigenvalue weighted by atomic mass is 35.5. The number of carbonyl (C=O) groups excluding carboxylic acids is 1. The van der Waals surface area contributed by atoms with Crippen LogP contribution in [0.4, 0.5) is 0 Å². The number of benzene rings is 1. The molecule has 3 heterocycles. The lowest BCUT2D eigenvalue weighted by molar-refractivity contribution is 0.0713. The summed E-state index contributed by atoms with van der Waals surface area (Å²) in [6, 6.07) is 10.9. The lowest BCUT2D eigenvalue weighted by atomic mass is 10.0. The molecule has 5 nitrogen and oxygen atoms in total. The van der Waals surface area contributed by atoms with Crippen LogP contribution >= 0.6 is 11.6 Å². The van der Waals surface area contributed by atoms with Crippen LogP contribution in [0, 0.1) is 0 Å². The summed E-state index contributed by atoms with van der Waals surface area (Å²) in [6.45, 7) is 2.73. The topological polar surface area (TPSA) is 64.1 Å². The van der Waals surface area contributed by atoms with Crippen molar-refractivity contribution in [3.05, 3.63) is 59.4 Å². The third-order valence-electron chi connectivity index (χ3n) is 4.85. The van der Waals surface area contributed by atoms with Crippen molar-refractivity contribution in [3.63, 3.8) is 0 Å². The summed E-state index contributed by atoms with van der Waals surface area (Å²) < 4.78 is 5.69. The van der Waals surface area contributed by atoms with Crippen molar-refractivity contribution in [2.75, 3.05) is 6.61 Å². The van der Waals surface area contributed by atoms with Gasteiger partial charge in [0.1, 0.15) is 0 Å². The first-order chi connectivity index (χ1) is 13.1. The normalized spacial score (nSPS) is 17.8. The van der Waals surface area contributed by atoms with Crippen LogP contribution in [-0.2, 0) is 4.74 Å². The van der Waals surface area contributed by atoms with E-state index in [4.69, 9.17) is 16.3 Å². The predicted octanol–water partition coefficient (Wildman–Crippen LogP) is 4.25. The van der Waals surface area contributed by atoms with Crippen molar-refractivity contribution in [3.8, 4) is 11.3 Å². The lowest BCUT2D eigenvalue weighted by Gasteiger charge is -2.20. The number of rotatable bonds is 4. The monoisotopic (exact) mass is 381 g/mol. The molecule has 4 rings (SSSR count). The molecule has 1 saturated heterocycles. The maximum absolute atomic E-state index is 13.1. The second-order valence-electron chi connectivity index (χ2n) is 6.77. The summed E-state index contributed by atoms with van der Waals surface area (Å²) in [7, 11) is 0. The highest BCUT2D eigenvalue weighted by Gasteiger charge is 2.25. The first kappa shape index (κ1) is 17.9. The maximum atomic E-state index is 13.1. The molecule has 0 unspecified atom stereocenters. The highest BCUT2D eigenvalue weighted by Crippen LogP contribution is 2.27. The SMILES string of the molecule is C[C@@H](NC(=O)c1cc(-c2cccnc2)nc2ccc(Cl)cc12)[C@@H]1CCCO1. The van der Waals surface area contributed by atoms with Crippen LogP contribution in [0.25, 0.3) is 22.2 Å². The number of amides is 1. The molecular formula is C21H20ClN3O2. The summed E-state index contributed by atoms with van der Waals surface area (Å²) in [6.07, 6.45) is 5.50. The van der Waals surface area contributed by atoms with Gasteiger partial charge in [-0.15, -0.1) is 0 Å². The summed E-state index contributed by atoms with van der Waals surface area (Å²) >= 11 is 6.17. The minimum absolute atomic E-state index is 0.0587. The Bertz CT molecular complexity index is 972. The zero-order valence-corrected chi connectivity index (χ0v) is 15.7. The van der Waals surface area contributed by atoms with Crippen molar-refractivity contribution >= 4 is 28.4 Å². The molecule has 1 fully saturated rings. The summed E-state index contributed by atoms with van der Waals surface area (Å²) in [4.78, 5) is 21.9. The number of nitrogens with one attached hydrogen (secondary N) is 1. The molecule has 1 N–H and O–H groups in total. The number of ether oxygens (including phenoxy) is 1. The summed E-state index contributed by atoms with van der Waals surface area (Å²) in [5.41, 5.74) is 2.82. The van der Waals surface area contributed by atoms with Crippen LogP contribution in [0.1, 0.15) is 30.1 Å². The average molecular weight is 382 g/mol. The first-order valence-electron chi connectivity index (χ1n) is 9.05. The third kappa shape index (κ3) is 3.80. The molecule has 1 amide bonds. The molecule has 0 saturated carbocycles. The minimum Gasteiger partial charge on any atom is -0.376 e. The van der Waals surface area contributed by atoms with Gasteiger partial charge in [-0.2, -0.15) is 0 Å². The number of halogens is 1. The second kappa shape index (κ2) is 7.62. The molecule has 1 aliphatic rings. The Kier molecular flexibility index (Phi) is 5.05. The van der Waals surface area contributed by atoms with Crippen LogP contribution in [0.2, 0.25) is 5.02 Å². The number of pyridine rings is 2. The van der Waals surface area contributed by atoms with E-state index in [2.05, 4.69) is 15.3 Å². The van der Waals surface area contributed by atoms with Crippen LogP contribution in [0.15, 0.2) is 48.8 Å². The number of carbonyl (C=O) groups is 1. The van der Waals surface area contributed by atoms with Crippen molar-refractivity contribution in [1.29, 1.82) is 0 Å². The van der Waals surface area contributed by atoms with Crippen LogP contribution in [-0.4, -0.2) is 34.6 Å². The molecule has 2 atom stereocenters. The molecule has 0 aliphatic carbocycles. The molecule has 2 aromatic heterocycles. The lowest BCUT2D eigenvalue weighted by Crippen LogP contribution is -2.40. The molecule has 3 aromatic rings. The zero-order valence-electron chi connectivity index (χ0n) is 15.0. The molecule has 0 spiro atoms. The van der Waals surface area contributed by atoms with E-state index in [0.717, 1.165) is 35.9 Å². The first-order valence-corrected chi connectivity index (χ1v) is 9.43. The van der Waals surface area contributed by atoms with Crippen LogP contribution in [0.5, 0.6) is 0 Å². The highest BCUT2D eigenvalue weighted by molar-refractivity contribution is 6.31. The van der Waals surface area contributed by atoms with Gasteiger partial charge in [0.15, 0.2) is 0 Å². The zero-order chi connectivity index (χ0) is 18.8. The molecule has 27 heavy (non-hydrogen) atoms. The van der Waals surface area contributed by atoms with E-state index in [9.17, 15) is 4.79 Å². The van der Waals surface area contributed by atoms with Crippen LogP contribution < -0.4 is 5.32 Å². The van der Waals surface area contributed by atoms with Gasteiger partial charge in [-0.1, -0.05) is 11.6 Å². The van der Waals surface area contributed by atoms with Gasteiger partial charge >= 0.3 is 0 Å². The van der Waals surface area contributed by atoms with Gasteiger partial charge in [-0.25, -0.2) is 4.98 Å². The number of nitrogens with zero attached hydrogens (tertiary/aromatic N) is 2. The number of hydrogen-bond acceptors (Lipinski definition) is 4. The molecule has 0 radical (unpaired) electrons. The van der Waals surface area contributed by atoms with Gasteiger partial charge in [-0.3, -0.25) is 9.78 Å². The second-order valence-corrected chi connectivity index (χ2v) is 7.21. The standard InChI is InChI=1S/C21H20ClN3O2/c1-13(20-5-3-9-27-20)24-21(26)17-11-19(14-4-2-8-23-12-14)25-18-7-6-15(22)10-16(17)18/h2,4,6-8,10-13,20H,3,5,9H2,1H3,(H,24,26)/t13-,20+/m1/s1. The quantitative estimate of drug-likeness (QED) is 0.733. The Labute approximate surface area is 162 Å². The van der Waals surface area contributed by atoms with Gasteiger partial charge in [0.2, 0.25) is 0 Å². The largest absolute Gasteiger partial charge is 0.376 e. The van der Waals surface area contributed by atoms with Gasteiger partial charge in [0, 0.05) is 35.0 Å².